The van der Waals surface area contributed by atoms with E-state index in [1.165, 1.54) is 0 Å². The van der Waals surface area contributed by atoms with Gasteiger partial charge in [0, 0.05) is 38.2 Å². The first kappa shape index (κ1) is 24.5. The Morgan fingerprint density at radius 1 is 1.15 bits per heavy atom. The van der Waals surface area contributed by atoms with Gasteiger partial charge in [-0.1, -0.05) is 45.4 Å². The summed E-state index contributed by atoms with van der Waals surface area (Å²) in [4.78, 5) is 47.3. The van der Waals surface area contributed by atoms with Crippen LogP contribution < -0.4 is 16.1 Å². The number of amides is 1. The topological polar surface area (TPSA) is 93.0 Å². The normalized spacial score (nSPS) is 11.5. The second kappa shape index (κ2) is 10.6. The summed E-state index contributed by atoms with van der Waals surface area (Å²) in [6.45, 7) is 11.8. The number of nitrogens with zero attached hydrogens (tertiary/aromatic N) is 4. The van der Waals surface area contributed by atoms with E-state index in [-0.39, 0.29) is 18.2 Å². The smallest absolute Gasteiger partial charge is 0.322 e. The van der Waals surface area contributed by atoms with Crippen LogP contribution in [0.25, 0.3) is 11.2 Å². The number of unbranched alkanes of at least 4 members (excludes halogenated alkanes) is 1. The van der Waals surface area contributed by atoms with Gasteiger partial charge in [-0.3, -0.25) is 19.1 Å². The predicted molar refractivity (Wildman–Crippen MR) is 132 cm³/mol. The molecule has 1 N–H and O–H groups in total. The predicted octanol–water partition coefficient (Wildman–Crippen LogP) is 3.64. The van der Waals surface area contributed by atoms with Crippen LogP contribution in [-0.2, 0) is 24.3 Å². The third-order valence-corrected chi connectivity index (χ3v) is 5.83. The number of aromatic amines is 1. The molecule has 33 heavy (non-hydrogen) atoms. The molecule has 1 amide bonds. The first-order valence-corrected chi connectivity index (χ1v) is 11.9. The number of carbonyl (C=O) groups is 1. The number of anilines is 1. The maximum atomic E-state index is 13.1. The first-order valence-electron chi connectivity index (χ1n) is 11.9. The van der Waals surface area contributed by atoms with E-state index in [2.05, 4.69) is 25.8 Å². The zero-order valence-corrected chi connectivity index (χ0v) is 20.4. The molecule has 0 aliphatic rings. The van der Waals surface area contributed by atoms with Crippen molar-refractivity contribution in [2.75, 3.05) is 11.4 Å². The monoisotopic (exact) mass is 453 g/mol. The molecule has 0 spiro atoms. The van der Waals surface area contributed by atoms with E-state index in [9.17, 15) is 14.4 Å². The molecule has 0 radical (unpaired) electrons. The molecule has 1 aromatic carbocycles. The number of aromatic nitrogens is 4. The molecule has 3 rings (SSSR count). The molecule has 8 heteroatoms. The number of imidazole rings is 1. The SMILES string of the molecule is CCCCn1c(=O)[nH]c(=O)c2c1nc(CCC(=O)N(CC)c1ccccc1C)n2CC(C)C. The molecular formula is C25H35N5O3. The summed E-state index contributed by atoms with van der Waals surface area (Å²) in [6.07, 6.45) is 2.39. The Morgan fingerprint density at radius 3 is 2.52 bits per heavy atom. The van der Waals surface area contributed by atoms with Crippen molar-refractivity contribution >= 4 is 22.8 Å². The van der Waals surface area contributed by atoms with Crippen molar-refractivity contribution < 1.29 is 4.79 Å². The van der Waals surface area contributed by atoms with Gasteiger partial charge in [0.1, 0.15) is 5.82 Å². The lowest BCUT2D eigenvalue weighted by molar-refractivity contribution is -0.118. The summed E-state index contributed by atoms with van der Waals surface area (Å²) >= 11 is 0. The largest absolute Gasteiger partial charge is 0.330 e. The molecule has 0 saturated carbocycles. The lowest BCUT2D eigenvalue weighted by atomic mass is 10.1. The van der Waals surface area contributed by atoms with Crippen molar-refractivity contribution in [3.8, 4) is 0 Å². The Labute approximate surface area is 194 Å². The van der Waals surface area contributed by atoms with Crippen molar-refractivity contribution in [2.45, 2.75) is 73.4 Å². The number of hydrogen-bond donors (Lipinski definition) is 1. The molecule has 2 heterocycles. The molecule has 2 aromatic heterocycles. The summed E-state index contributed by atoms with van der Waals surface area (Å²) < 4.78 is 3.44. The standard InChI is InChI=1S/C25H35N5O3/c1-6-8-15-29-23-22(24(32)27-25(29)33)30(16-17(3)4)20(26-23)13-14-21(31)28(7-2)19-12-10-9-11-18(19)5/h9-12,17H,6-8,13-16H2,1-5H3,(H,27,32,33). The van der Waals surface area contributed by atoms with Gasteiger partial charge in [-0.15, -0.1) is 0 Å². The van der Waals surface area contributed by atoms with Crippen LogP contribution in [0.5, 0.6) is 0 Å². The van der Waals surface area contributed by atoms with Crippen molar-refractivity contribution in [3.05, 3.63) is 56.5 Å². The summed E-state index contributed by atoms with van der Waals surface area (Å²) in [6, 6.07) is 7.84. The van der Waals surface area contributed by atoms with Gasteiger partial charge in [0.15, 0.2) is 11.2 Å². The van der Waals surface area contributed by atoms with Gasteiger partial charge in [0.05, 0.1) is 0 Å². The van der Waals surface area contributed by atoms with Gasteiger partial charge >= 0.3 is 5.69 Å². The molecule has 8 nitrogen and oxygen atoms in total. The molecule has 3 aromatic rings. The van der Waals surface area contributed by atoms with E-state index >= 15 is 0 Å². The summed E-state index contributed by atoms with van der Waals surface area (Å²) in [5, 5.41) is 0. The zero-order valence-electron chi connectivity index (χ0n) is 20.4. The van der Waals surface area contributed by atoms with E-state index in [0.29, 0.717) is 43.0 Å². The minimum Gasteiger partial charge on any atom is -0.322 e. The van der Waals surface area contributed by atoms with Crippen LogP contribution >= 0.6 is 0 Å². The maximum Gasteiger partial charge on any atom is 0.330 e. The quantitative estimate of drug-likeness (QED) is 0.507. The highest BCUT2D eigenvalue weighted by Gasteiger charge is 2.21. The third-order valence-electron chi connectivity index (χ3n) is 5.83. The summed E-state index contributed by atoms with van der Waals surface area (Å²) in [5.41, 5.74) is 1.91. The van der Waals surface area contributed by atoms with Gasteiger partial charge in [0.25, 0.3) is 5.56 Å². The van der Waals surface area contributed by atoms with Crippen molar-refractivity contribution in [2.24, 2.45) is 5.92 Å². The average Bonchev–Trinajstić information content (AvgIpc) is 3.11. The number of H-pyrrole nitrogens is 1. The molecule has 0 saturated heterocycles. The van der Waals surface area contributed by atoms with E-state index < -0.39 is 11.2 Å². The lowest BCUT2D eigenvalue weighted by Gasteiger charge is -2.23. The molecule has 0 aliphatic carbocycles. The summed E-state index contributed by atoms with van der Waals surface area (Å²) in [7, 11) is 0. The first-order chi connectivity index (χ1) is 15.8. The Hall–Kier alpha value is -3.16. The maximum absolute atomic E-state index is 13.1. The lowest BCUT2D eigenvalue weighted by Crippen LogP contribution is -2.32. The van der Waals surface area contributed by atoms with E-state index in [0.717, 1.165) is 24.1 Å². The number of hydrogen-bond acceptors (Lipinski definition) is 4. The number of aryl methyl sites for hydroxylation is 3. The number of rotatable bonds is 10. The molecule has 0 fully saturated rings. The van der Waals surface area contributed by atoms with Crippen LogP contribution in [0.15, 0.2) is 33.9 Å². The van der Waals surface area contributed by atoms with Crippen molar-refractivity contribution in [3.63, 3.8) is 0 Å². The molecule has 0 atom stereocenters. The molecule has 0 aliphatic heterocycles. The van der Waals surface area contributed by atoms with Crippen LogP contribution in [0, 0.1) is 12.8 Å². The fourth-order valence-electron chi connectivity index (χ4n) is 4.19. The second-order valence-corrected chi connectivity index (χ2v) is 8.89. The Balaban J connectivity index is 1.99. The highest BCUT2D eigenvalue weighted by Crippen LogP contribution is 2.21. The van der Waals surface area contributed by atoms with Crippen LogP contribution in [0.4, 0.5) is 5.69 Å². The van der Waals surface area contributed by atoms with Crippen LogP contribution in [-0.4, -0.2) is 31.6 Å². The van der Waals surface area contributed by atoms with E-state index in [1.807, 2.05) is 42.7 Å². The van der Waals surface area contributed by atoms with Crippen LogP contribution in [0.3, 0.4) is 0 Å². The number of carbonyl (C=O) groups excluding carboxylic acids is 1. The fourth-order valence-corrected chi connectivity index (χ4v) is 4.19. The van der Waals surface area contributed by atoms with E-state index in [4.69, 9.17) is 4.98 Å². The van der Waals surface area contributed by atoms with Gasteiger partial charge in [-0.25, -0.2) is 9.78 Å². The molecule has 0 unspecified atom stereocenters. The molecular weight excluding hydrogens is 418 g/mol. The Bertz CT molecular complexity index is 1240. The highest BCUT2D eigenvalue weighted by molar-refractivity contribution is 5.94. The number of para-hydroxylation sites is 1. The van der Waals surface area contributed by atoms with Crippen LogP contribution in [0.1, 0.15) is 58.3 Å². The Morgan fingerprint density at radius 2 is 1.88 bits per heavy atom. The van der Waals surface area contributed by atoms with Gasteiger partial charge in [-0.2, -0.15) is 0 Å². The minimum absolute atomic E-state index is 0.00670. The van der Waals surface area contributed by atoms with Gasteiger partial charge < -0.3 is 9.47 Å². The number of nitrogens with one attached hydrogen (secondary N) is 1. The van der Waals surface area contributed by atoms with E-state index in [1.54, 1.807) is 9.47 Å². The second-order valence-electron chi connectivity index (χ2n) is 8.89. The molecule has 0 bridgehead atoms. The minimum atomic E-state index is -0.436. The zero-order chi connectivity index (χ0) is 24.1. The Kier molecular flexibility index (Phi) is 7.89. The van der Waals surface area contributed by atoms with Crippen molar-refractivity contribution in [1.82, 2.24) is 19.1 Å². The number of benzene rings is 1. The van der Waals surface area contributed by atoms with Crippen LogP contribution in [0.2, 0.25) is 0 Å². The van der Waals surface area contributed by atoms with Gasteiger partial charge in [-0.05, 0) is 37.8 Å². The number of fused-ring (bicyclic) bond motifs is 1. The highest BCUT2D eigenvalue weighted by atomic mass is 16.2. The molecule has 178 valence electrons. The summed E-state index contributed by atoms with van der Waals surface area (Å²) in [5.74, 6) is 0.938. The van der Waals surface area contributed by atoms with Crippen molar-refractivity contribution in [1.29, 1.82) is 0 Å². The third kappa shape index (κ3) is 5.26. The van der Waals surface area contributed by atoms with Gasteiger partial charge in [0.2, 0.25) is 5.91 Å². The average molecular weight is 454 g/mol. The fraction of sp³-hybridized carbons (Fsp3) is 0.520.